The van der Waals surface area contributed by atoms with Gasteiger partial charge in [0.25, 0.3) is 0 Å². The molecule has 3 nitrogen and oxygen atoms in total. The van der Waals surface area contributed by atoms with Gasteiger partial charge in [0.2, 0.25) is 0 Å². The Morgan fingerprint density at radius 3 is 2.33 bits per heavy atom. The van der Waals surface area contributed by atoms with Gasteiger partial charge < -0.3 is 10.4 Å². The van der Waals surface area contributed by atoms with Crippen molar-refractivity contribution in [1.29, 1.82) is 0 Å². The van der Waals surface area contributed by atoms with Crippen LogP contribution in [-0.2, 0) is 13.2 Å². The zero-order valence-corrected chi connectivity index (χ0v) is 9.11. The average Bonchev–Trinajstić information content (AvgIpc) is 2.16. The molecule has 1 aromatic carbocycles. The number of nitrogens with one attached hydrogen (secondary N) is 1. The van der Waals surface area contributed by atoms with Crippen molar-refractivity contribution in [3.8, 4) is 0 Å². The van der Waals surface area contributed by atoms with Crippen molar-refractivity contribution in [3.63, 3.8) is 0 Å². The summed E-state index contributed by atoms with van der Waals surface area (Å²) in [5.74, 6) is 0. The normalized spacial score (nSPS) is 16.7. The van der Waals surface area contributed by atoms with Gasteiger partial charge in [0.1, 0.15) is 0 Å². The highest BCUT2D eigenvalue weighted by molar-refractivity contribution is 5.22. The van der Waals surface area contributed by atoms with Crippen molar-refractivity contribution < 1.29 is 5.11 Å². The minimum atomic E-state index is 0.128. The zero-order chi connectivity index (χ0) is 10.7. The van der Waals surface area contributed by atoms with Crippen LogP contribution in [0.1, 0.15) is 11.1 Å². The SMILES string of the molecule is CN(Cc1ccc(CO)cc1)C1CNC1. The van der Waals surface area contributed by atoms with Gasteiger partial charge in [0.05, 0.1) is 6.61 Å². The van der Waals surface area contributed by atoms with Crippen molar-refractivity contribution >= 4 is 0 Å². The number of aliphatic hydroxyl groups excluding tert-OH is 1. The molecule has 82 valence electrons. The second kappa shape index (κ2) is 4.75. The molecule has 3 heteroatoms. The Morgan fingerprint density at radius 1 is 1.27 bits per heavy atom. The molecule has 2 N–H and O–H groups in total. The molecule has 0 radical (unpaired) electrons. The van der Waals surface area contributed by atoms with Crippen LogP contribution >= 0.6 is 0 Å². The summed E-state index contributed by atoms with van der Waals surface area (Å²) < 4.78 is 0. The van der Waals surface area contributed by atoms with E-state index < -0.39 is 0 Å². The fourth-order valence-corrected chi connectivity index (χ4v) is 1.75. The summed E-state index contributed by atoms with van der Waals surface area (Å²) in [5, 5.41) is 12.2. The van der Waals surface area contributed by atoms with E-state index in [-0.39, 0.29) is 6.61 Å². The Balaban J connectivity index is 1.91. The molecule has 0 aliphatic carbocycles. The van der Waals surface area contributed by atoms with Gasteiger partial charge in [-0.05, 0) is 18.2 Å². The summed E-state index contributed by atoms with van der Waals surface area (Å²) in [6.45, 7) is 3.32. The number of likely N-dealkylation sites (N-methyl/N-ethyl adjacent to an activating group) is 1. The summed E-state index contributed by atoms with van der Waals surface area (Å²) in [6.07, 6.45) is 0. The standard InChI is InChI=1S/C12H18N2O/c1-14(12-6-13-7-12)8-10-2-4-11(9-15)5-3-10/h2-5,12-13,15H,6-9H2,1H3. The van der Waals surface area contributed by atoms with Gasteiger partial charge in [-0.15, -0.1) is 0 Å². The van der Waals surface area contributed by atoms with Gasteiger partial charge in [-0.1, -0.05) is 24.3 Å². The van der Waals surface area contributed by atoms with Crippen molar-refractivity contribution in [2.24, 2.45) is 0 Å². The number of hydrogen-bond acceptors (Lipinski definition) is 3. The van der Waals surface area contributed by atoms with Crippen molar-refractivity contribution in [3.05, 3.63) is 35.4 Å². The summed E-state index contributed by atoms with van der Waals surface area (Å²) in [7, 11) is 2.16. The highest BCUT2D eigenvalue weighted by Crippen LogP contribution is 2.10. The first-order valence-electron chi connectivity index (χ1n) is 5.39. The van der Waals surface area contributed by atoms with Crippen LogP contribution in [0.25, 0.3) is 0 Å². The molecule has 1 saturated heterocycles. The molecular weight excluding hydrogens is 188 g/mol. The van der Waals surface area contributed by atoms with E-state index in [9.17, 15) is 0 Å². The van der Waals surface area contributed by atoms with Gasteiger partial charge in [0.15, 0.2) is 0 Å². The number of aliphatic hydroxyl groups is 1. The maximum atomic E-state index is 8.93. The van der Waals surface area contributed by atoms with Gasteiger partial charge in [-0.3, -0.25) is 4.90 Å². The smallest absolute Gasteiger partial charge is 0.0681 e. The van der Waals surface area contributed by atoms with E-state index in [1.165, 1.54) is 5.56 Å². The fourth-order valence-electron chi connectivity index (χ4n) is 1.75. The fraction of sp³-hybridized carbons (Fsp3) is 0.500. The molecule has 0 saturated carbocycles. The summed E-state index contributed by atoms with van der Waals surface area (Å²) >= 11 is 0. The molecule has 0 amide bonds. The second-order valence-corrected chi connectivity index (χ2v) is 4.20. The van der Waals surface area contributed by atoms with E-state index in [1.807, 2.05) is 12.1 Å². The lowest BCUT2D eigenvalue weighted by Crippen LogP contribution is -2.55. The first kappa shape index (κ1) is 10.6. The minimum Gasteiger partial charge on any atom is -0.392 e. The molecule has 0 unspecified atom stereocenters. The van der Waals surface area contributed by atoms with Gasteiger partial charge >= 0.3 is 0 Å². The van der Waals surface area contributed by atoms with Crippen LogP contribution in [0.15, 0.2) is 24.3 Å². The third-order valence-corrected chi connectivity index (χ3v) is 3.02. The van der Waals surface area contributed by atoms with Crippen LogP contribution < -0.4 is 5.32 Å². The van der Waals surface area contributed by atoms with E-state index in [0.29, 0.717) is 6.04 Å². The number of rotatable bonds is 4. The molecule has 0 aromatic heterocycles. The molecule has 0 spiro atoms. The molecule has 1 aromatic rings. The Bertz CT molecular complexity index is 306. The minimum absolute atomic E-state index is 0.128. The van der Waals surface area contributed by atoms with Crippen LogP contribution in [0.5, 0.6) is 0 Å². The molecule has 1 heterocycles. The lowest BCUT2D eigenvalue weighted by molar-refractivity contribution is 0.173. The van der Waals surface area contributed by atoms with Crippen molar-refractivity contribution in [2.45, 2.75) is 19.2 Å². The van der Waals surface area contributed by atoms with E-state index in [4.69, 9.17) is 5.11 Å². The Hall–Kier alpha value is -0.900. The van der Waals surface area contributed by atoms with Crippen LogP contribution in [0.2, 0.25) is 0 Å². The molecular formula is C12H18N2O. The van der Waals surface area contributed by atoms with Crippen molar-refractivity contribution in [1.82, 2.24) is 10.2 Å². The monoisotopic (exact) mass is 206 g/mol. The molecule has 1 aliphatic rings. The molecule has 0 atom stereocenters. The zero-order valence-electron chi connectivity index (χ0n) is 9.11. The summed E-state index contributed by atoms with van der Waals surface area (Å²) in [4.78, 5) is 2.37. The number of nitrogens with zero attached hydrogens (tertiary/aromatic N) is 1. The van der Waals surface area contributed by atoms with E-state index in [1.54, 1.807) is 0 Å². The Labute approximate surface area is 90.7 Å². The third-order valence-electron chi connectivity index (χ3n) is 3.02. The van der Waals surface area contributed by atoms with Crippen LogP contribution in [-0.4, -0.2) is 36.2 Å². The number of benzene rings is 1. The summed E-state index contributed by atoms with van der Waals surface area (Å²) in [6, 6.07) is 8.84. The highest BCUT2D eigenvalue weighted by atomic mass is 16.3. The van der Waals surface area contributed by atoms with Gasteiger partial charge in [-0.25, -0.2) is 0 Å². The van der Waals surface area contributed by atoms with Gasteiger partial charge in [0, 0.05) is 25.7 Å². The maximum Gasteiger partial charge on any atom is 0.0681 e. The topological polar surface area (TPSA) is 35.5 Å². The molecule has 2 rings (SSSR count). The average molecular weight is 206 g/mol. The van der Waals surface area contributed by atoms with E-state index in [0.717, 1.165) is 25.2 Å². The van der Waals surface area contributed by atoms with Crippen LogP contribution in [0, 0.1) is 0 Å². The van der Waals surface area contributed by atoms with E-state index in [2.05, 4.69) is 29.4 Å². The first-order valence-corrected chi connectivity index (χ1v) is 5.39. The predicted molar refractivity (Wildman–Crippen MR) is 60.5 cm³/mol. The quantitative estimate of drug-likeness (QED) is 0.756. The van der Waals surface area contributed by atoms with Crippen LogP contribution in [0.3, 0.4) is 0 Å². The Kier molecular flexibility index (Phi) is 3.36. The molecule has 0 bridgehead atoms. The lowest BCUT2D eigenvalue weighted by Gasteiger charge is -2.35. The number of hydrogen-bond donors (Lipinski definition) is 2. The summed E-state index contributed by atoms with van der Waals surface area (Å²) in [5.41, 5.74) is 2.29. The van der Waals surface area contributed by atoms with E-state index >= 15 is 0 Å². The second-order valence-electron chi connectivity index (χ2n) is 4.20. The molecule has 1 aliphatic heterocycles. The maximum absolute atomic E-state index is 8.93. The third kappa shape index (κ3) is 2.56. The predicted octanol–water partition coefficient (Wildman–Crippen LogP) is 0.583. The first-order chi connectivity index (χ1) is 7.29. The highest BCUT2D eigenvalue weighted by Gasteiger charge is 2.20. The molecule has 15 heavy (non-hydrogen) atoms. The van der Waals surface area contributed by atoms with Crippen molar-refractivity contribution in [2.75, 3.05) is 20.1 Å². The molecule has 1 fully saturated rings. The van der Waals surface area contributed by atoms with Gasteiger partial charge in [-0.2, -0.15) is 0 Å². The lowest BCUT2D eigenvalue weighted by atomic mass is 10.1. The largest absolute Gasteiger partial charge is 0.392 e. The Morgan fingerprint density at radius 2 is 1.87 bits per heavy atom. The van der Waals surface area contributed by atoms with Crippen LogP contribution in [0.4, 0.5) is 0 Å².